The number of hydrogen-bond donors (Lipinski definition) is 1. The summed E-state index contributed by atoms with van der Waals surface area (Å²) >= 11 is 3.25. The van der Waals surface area contributed by atoms with Crippen LogP contribution in [-0.2, 0) is 0 Å². The Hall–Kier alpha value is -1.62. The lowest BCUT2D eigenvalue weighted by Gasteiger charge is -2.08. The van der Waals surface area contributed by atoms with E-state index in [1.54, 1.807) is 18.2 Å². The number of fused-ring (bicyclic) bond motifs is 1. The number of hydrogen-bond acceptors (Lipinski definition) is 3. The summed E-state index contributed by atoms with van der Waals surface area (Å²) in [7, 11) is 1.53. The zero-order valence-electron chi connectivity index (χ0n) is 9.83. The van der Waals surface area contributed by atoms with Crippen LogP contribution in [0.25, 0.3) is 10.9 Å². The Labute approximate surface area is 112 Å². The number of alkyl halides is 1. The van der Waals surface area contributed by atoms with Gasteiger partial charge in [0.2, 0.25) is 5.56 Å². The lowest BCUT2D eigenvalue weighted by atomic mass is 10.0. The number of carbonyl (C=O) groups is 1. The largest absolute Gasteiger partial charge is 0.495 e. The predicted octanol–water partition coefficient (Wildman–Crippen LogP) is 2.50. The Balaban J connectivity index is 2.70. The number of carbonyl (C=O) groups excluding carboxylic acids is 1. The molecular formula is C13H12BrNO3. The number of aromatic nitrogens is 1. The monoisotopic (exact) mass is 309 g/mol. The quantitative estimate of drug-likeness (QED) is 0.697. The van der Waals surface area contributed by atoms with Crippen LogP contribution in [0.2, 0.25) is 0 Å². The van der Waals surface area contributed by atoms with Gasteiger partial charge in [-0.15, -0.1) is 0 Å². The zero-order chi connectivity index (χ0) is 13.1. The molecule has 4 nitrogen and oxygen atoms in total. The maximum absolute atomic E-state index is 12.0. The summed E-state index contributed by atoms with van der Waals surface area (Å²) in [5, 5.41) is 1.32. The molecule has 2 rings (SSSR count). The van der Waals surface area contributed by atoms with Crippen molar-refractivity contribution in [2.24, 2.45) is 0 Å². The van der Waals surface area contributed by atoms with Crippen LogP contribution in [0.4, 0.5) is 0 Å². The number of Topliss-reactive ketones (excluding diaryl/α,β-unsaturated/α-hetero) is 1. The van der Waals surface area contributed by atoms with Gasteiger partial charge in [0.05, 0.1) is 12.6 Å². The number of nitrogens with one attached hydrogen (secondary N) is 1. The van der Waals surface area contributed by atoms with Crippen molar-refractivity contribution in [3.8, 4) is 5.75 Å². The van der Waals surface area contributed by atoms with Gasteiger partial charge >= 0.3 is 0 Å². The van der Waals surface area contributed by atoms with Gasteiger partial charge < -0.3 is 9.72 Å². The third kappa shape index (κ3) is 2.31. The molecule has 0 aliphatic heterocycles. The third-order valence-electron chi connectivity index (χ3n) is 2.70. The van der Waals surface area contributed by atoms with Crippen molar-refractivity contribution in [3.05, 3.63) is 40.2 Å². The summed E-state index contributed by atoms with van der Waals surface area (Å²) in [5.74, 6) is 0.588. The predicted molar refractivity (Wildman–Crippen MR) is 73.9 cm³/mol. The number of pyridine rings is 1. The van der Waals surface area contributed by atoms with Gasteiger partial charge in [0.15, 0.2) is 5.78 Å². The molecule has 5 heteroatoms. The Morgan fingerprint density at radius 2 is 2.11 bits per heavy atom. The van der Waals surface area contributed by atoms with Gasteiger partial charge in [-0.05, 0) is 18.2 Å². The van der Waals surface area contributed by atoms with Gasteiger partial charge in [-0.3, -0.25) is 9.59 Å². The van der Waals surface area contributed by atoms with Crippen LogP contribution in [0.1, 0.15) is 16.8 Å². The maximum atomic E-state index is 12.0. The molecule has 18 heavy (non-hydrogen) atoms. The van der Waals surface area contributed by atoms with Crippen LogP contribution in [0.15, 0.2) is 29.1 Å². The van der Waals surface area contributed by atoms with Crippen LogP contribution >= 0.6 is 15.9 Å². The Bertz CT molecular complexity index is 648. The molecule has 1 aromatic heterocycles. The fraction of sp³-hybridized carbons (Fsp3) is 0.231. The Kier molecular flexibility index (Phi) is 3.81. The van der Waals surface area contributed by atoms with E-state index in [0.717, 1.165) is 0 Å². The minimum Gasteiger partial charge on any atom is -0.495 e. The van der Waals surface area contributed by atoms with Crippen molar-refractivity contribution < 1.29 is 9.53 Å². The molecular weight excluding hydrogens is 298 g/mol. The smallest absolute Gasteiger partial charge is 0.248 e. The summed E-state index contributed by atoms with van der Waals surface area (Å²) in [6.07, 6.45) is 0.417. The van der Waals surface area contributed by atoms with E-state index >= 15 is 0 Å². The number of methoxy groups -OCH3 is 1. The Morgan fingerprint density at radius 1 is 1.33 bits per heavy atom. The molecule has 0 saturated heterocycles. The van der Waals surface area contributed by atoms with E-state index in [2.05, 4.69) is 20.9 Å². The van der Waals surface area contributed by atoms with Gasteiger partial charge in [-0.2, -0.15) is 0 Å². The van der Waals surface area contributed by atoms with Crippen molar-refractivity contribution >= 4 is 32.6 Å². The van der Waals surface area contributed by atoms with Gasteiger partial charge in [0.25, 0.3) is 0 Å². The summed E-state index contributed by atoms with van der Waals surface area (Å²) in [4.78, 5) is 26.0. The topological polar surface area (TPSA) is 59.2 Å². The molecule has 0 radical (unpaired) electrons. The second kappa shape index (κ2) is 5.35. The van der Waals surface area contributed by atoms with Crippen molar-refractivity contribution in [1.82, 2.24) is 4.98 Å². The van der Waals surface area contributed by atoms with E-state index in [-0.39, 0.29) is 11.3 Å². The molecule has 0 saturated carbocycles. The third-order valence-corrected chi connectivity index (χ3v) is 3.10. The maximum Gasteiger partial charge on any atom is 0.248 e. The second-order valence-corrected chi connectivity index (χ2v) is 4.58. The van der Waals surface area contributed by atoms with Gasteiger partial charge in [0, 0.05) is 28.8 Å². The lowest BCUT2D eigenvalue weighted by Crippen LogP contribution is -2.07. The van der Waals surface area contributed by atoms with Gasteiger partial charge in [-0.1, -0.05) is 15.9 Å². The number of H-pyrrole nitrogens is 1. The van der Waals surface area contributed by atoms with E-state index in [1.807, 2.05) is 0 Å². The van der Waals surface area contributed by atoms with Crippen LogP contribution in [0, 0.1) is 0 Å². The molecule has 0 aliphatic carbocycles. The first kappa shape index (κ1) is 12.8. The van der Waals surface area contributed by atoms with Crippen LogP contribution in [0.5, 0.6) is 5.75 Å². The molecule has 0 spiro atoms. The van der Waals surface area contributed by atoms with Gasteiger partial charge in [-0.25, -0.2) is 0 Å². The first-order valence-electron chi connectivity index (χ1n) is 5.46. The number of ketones is 1. The first-order chi connectivity index (χ1) is 8.67. The summed E-state index contributed by atoms with van der Waals surface area (Å²) in [6, 6.07) is 6.48. The Morgan fingerprint density at radius 3 is 2.78 bits per heavy atom. The summed E-state index contributed by atoms with van der Waals surface area (Å²) in [6.45, 7) is 0. The van der Waals surface area contributed by atoms with Gasteiger partial charge in [0.1, 0.15) is 5.75 Å². The van der Waals surface area contributed by atoms with E-state index < -0.39 is 0 Å². The SMILES string of the molecule is COc1ccc(C(=O)CCBr)c2ccc(=O)[nH]c12. The molecule has 0 amide bonds. The van der Waals surface area contributed by atoms with E-state index in [1.165, 1.54) is 13.2 Å². The van der Waals surface area contributed by atoms with Crippen LogP contribution in [-0.4, -0.2) is 23.2 Å². The van der Waals surface area contributed by atoms with Crippen molar-refractivity contribution in [2.75, 3.05) is 12.4 Å². The number of ether oxygens (including phenoxy) is 1. The molecule has 1 aromatic carbocycles. The normalized spacial score (nSPS) is 10.6. The minimum absolute atomic E-state index is 0.0339. The number of halogens is 1. The average molecular weight is 310 g/mol. The molecule has 0 bridgehead atoms. The van der Waals surface area contributed by atoms with Crippen LogP contribution in [0.3, 0.4) is 0 Å². The van der Waals surface area contributed by atoms with Crippen molar-refractivity contribution in [3.63, 3.8) is 0 Å². The number of benzene rings is 1. The highest BCUT2D eigenvalue weighted by molar-refractivity contribution is 9.09. The van der Waals surface area contributed by atoms with Crippen LogP contribution < -0.4 is 10.3 Å². The fourth-order valence-electron chi connectivity index (χ4n) is 1.86. The number of rotatable bonds is 4. The zero-order valence-corrected chi connectivity index (χ0v) is 11.4. The molecule has 1 N–H and O–H groups in total. The fourth-order valence-corrected chi connectivity index (χ4v) is 2.22. The second-order valence-electron chi connectivity index (χ2n) is 3.79. The molecule has 0 fully saturated rings. The highest BCUT2D eigenvalue weighted by atomic mass is 79.9. The van der Waals surface area contributed by atoms with E-state index in [9.17, 15) is 9.59 Å². The number of aromatic amines is 1. The molecule has 2 aromatic rings. The van der Waals surface area contributed by atoms with Crippen molar-refractivity contribution in [2.45, 2.75) is 6.42 Å². The molecule has 1 heterocycles. The molecule has 0 unspecified atom stereocenters. The summed E-state index contributed by atoms with van der Waals surface area (Å²) < 4.78 is 5.19. The van der Waals surface area contributed by atoms with E-state index in [4.69, 9.17) is 4.74 Å². The van der Waals surface area contributed by atoms with Crippen molar-refractivity contribution in [1.29, 1.82) is 0 Å². The molecule has 94 valence electrons. The lowest BCUT2D eigenvalue weighted by molar-refractivity contribution is 0.0991. The average Bonchev–Trinajstić information content (AvgIpc) is 2.37. The molecule has 0 aliphatic rings. The molecule has 0 atom stereocenters. The highest BCUT2D eigenvalue weighted by Gasteiger charge is 2.12. The minimum atomic E-state index is -0.217. The summed E-state index contributed by atoms with van der Waals surface area (Å²) in [5.41, 5.74) is 0.942. The highest BCUT2D eigenvalue weighted by Crippen LogP contribution is 2.26. The first-order valence-corrected chi connectivity index (χ1v) is 6.58. The van der Waals surface area contributed by atoms with E-state index in [0.29, 0.717) is 34.0 Å². The standard InChI is InChI=1S/C13H12BrNO3/c1-18-11-4-2-8(10(16)6-7-14)9-3-5-12(17)15-13(9)11/h2-5H,6-7H2,1H3,(H,15,17).